The lowest BCUT2D eigenvalue weighted by Crippen LogP contribution is -2.40. The van der Waals surface area contributed by atoms with E-state index >= 15 is 0 Å². The summed E-state index contributed by atoms with van der Waals surface area (Å²) in [5.74, 6) is -0.336. The van der Waals surface area contributed by atoms with Crippen LogP contribution in [0.3, 0.4) is 0 Å². The highest BCUT2D eigenvalue weighted by molar-refractivity contribution is 7.07. The van der Waals surface area contributed by atoms with Crippen molar-refractivity contribution in [2.45, 2.75) is 13.0 Å². The number of ether oxygens (including phenoxy) is 4. The third-order valence-corrected chi connectivity index (χ3v) is 7.62. The number of hydrogen-bond acceptors (Lipinski definition) is 9. The van der Waals surface area contributed by atoms with E-state index in [9.17, 15) is 14.4 Å². The Bertz CT molecular complexity index is 1880. The molecule has 43 heavy (non-hydrogen) atoms. The zero-order valence-electron chi connectivity index (χ0n) is 23.6. The van der Waals surface area contributed by atoms with E-state index in [1.54, 1.807) is 55.5 Å². The first kappa shape index (κ1) is 29.3. The minimum Gasteiger partial charge on any atom is -0.493 e. The van der Waals surface area contributed by atoms with E-state index in [1.165, 1.54) is 30.1 Å². The van der Waals surface area contributed by atoms with E-state index in [0.717, 1.165) is 0 Å². The minimum absolute atomic E-state index is 0.139. The second kappa shape index (κ2) is 12.8. The Morgan fingerprint density at radius 3 is 2.37 bits per heavy atom. The molecule has 4 aromatic rings. The van der Waals surface area contributed by atoms with Gasteiger partial charge < -0.3 is 24.1 Å². The van der Waals surface area contributed by atoms with Crippen LogP contribution in [0.4, 0.5) is 0 Å². The van der Waals surface area contributed by atoms with Crippen molar-refractivity contribution in [1.29, 1.82) is 0 Å². The maximum Gasteiger partial charge on any atom is 0.341 e. The van der Waals surface area contributed by atoms with Gasteiger partial charge in [0.15, 0.2) is 22.9 Å². The summed E-state index contributed by atoms with van der Waals surface area (Å²) < 4.78 is 23.6. The van der Waals surface area contributed by atoms with Crippen molar-refractivity contribution in [3.05, 3.63) is 115 Å². The monoisotopic (exact) mass is 600 g/mol. The van der Waals surface area contributed by atoms with E-state index in [2.05, 4.69) is 0 Å². The summed E-state index contributed by atoms with van der Waals surface area (Å²) in [7, 11) is 3.05. The number of hydrogen-bond donors (Lipinski definition) is 1. The van der Waals surface area contributed by atoms with Gasteiger partial charge in [0.1, 0.15) is 5.75 Å². The molecule has 0 radical (unpaired) electrons. The van der Waals surface area contributed by atoms with Crippen molar-refractivity contribution in [2.24, 2.45) is 4.99 Å². The summed E-state index contributed by atoms with van der Waals surface area (Å²) in [6.07, 6.45) is 1.71. The van der Waals surface area contributed by atoms with E-state index in [4.69, 9.17) is 29.0 Å². The fourth-order valence-electron chi connectivity index (χ4n) is 4.74. The molecule has 0 saturated carbocycles. The molecule has 0 saturated heterocycles. The second-order valence-electron chi connectivity index (χ2n) is 9.30. The Kier molecular flexibility index (Phi) is 8.72. The molecule has 2 heterocycles. The van der Waals surface area contributed by atoms with Gasteiger partial charge in [-0.05, 0) is 48.4 Å². The largest absolute Gasteiger partial charge is 0.493 e. The number of thiazole rings is 1. The number of carboxylic acid groups (broad SMARTS) is 1. The van der Waals surface area contributed by atoms with Gasteiger partial charge in [-0.3, -0.25) is 9.36 Å². The van der Waals surface area contributed by atoms with E-state index < -0.39 is 24.6 Å². The topological polar surface area (TPSA) is 126 Å². The number of carbonyl (C=O) groups excluding carboxylic acids is 1. The van der Waals surface area contributed by atoms with Crippen molar-refractivity contribution in [2.75, 3.05) is 27.4 Å². The molecule has 1 atom stereocenters. The van der Waals surface area contributed by atoms with E-state index in [-0.39, 0.29) is 17.7 Å². The molecule has 11 heteroatoms. The predicted octanol–water partition coefficient (Wildman–Crippen LogP) is 3.42. The van der Waals surface area contributed by atoms with Crippen molar-refractivity contribution in [3.8, 4) is 17.2 Å². The van der Waals surface area contributed by atoms with Gasteiger partial charge in [-0.15, -0.1) is 0 Å². The average molecular weight is 601 g/mol. The van der Waals surface area contributed by atoms with Crippen molar-refractivity contribution in [1.82, 2.24) is 4.57 Å². The summed E-state index contributed by atoms with van der Waals surface area (Å²) >= 11 is 1.19. The fraction of sp³-hybridized carbons (Fsp3) is 0.188. The van der Waals surface area contributed by atoms with Gasteiger partial charge in [0.25, 0.3) is 5.56 Å². The number of carboxylic acids is 1. The Labute approximate surface area is 250 Å². The van der Waals surface area contributed by atoms with Crippen LogP contribution in [0, 0.1) is 0 Å². The van der Waals surface area contributed by atoms with E-state index in [0.29, 0.717) is 49.0 Å². The zero-order valence-corrected chi connectivity index (χ0v) is 24.4. The standard InChI is InChI=1S/C32H28N2O8S/c1-4-41-31(38)27-28(20-8-6-5-7-9-20)33-32-34(29(27)21-12-15-23(39-2)24(17-21)40-3)30(37)25(43-32)16-19-10-13-22(14-11-19)42-18-26(35)36/h5-17,29H,4,18H2,1-3H3,(H,35,36)/b25-16+/t29-/m1/s1. The molecule has 0 aliphatic carbocycles. The normalized spacial score (nSPS) is 14.5. The minimum atomic E-state index is -1.08. The maximum atomic E-state index is 14.1. The van der Waals surface area contributed by atoms with Crippen LogP contribution in [0.25, 0.3) is 11.8 Å². The number of fused-ring (bicyclic) bond motifs is 1. The van der Waals surface area contributed by atoms with Crippen molar-refractivity contribution < 1.29 is 33.6 Å². The third kappa shape index (κ3) is 6.07. The quantitative estimate of drug-likeness (QED) is 0.275. The predicted molar refractivity (Wildman–Crippen MR) is 160 cm³/mol. The number of rotatable bonds is 10. The highest BCUT2D eigenvalue weighted by Gasteiger charge is 2.35. The van der Waals surface area contributed by atoms with Gasteiger partial charge in [0.05, 0.1) is 42.7 Å². The van der Waals surface area contributed by atoms with Gasteiger partial charge in [0, 0.05) is 5.56 Å². The number of methoxy groups -OCH3 is 2. The molecule has 0 unspecified atom stereocenters. The lowest BCUT2D eigenvalue weighted by molar-refractivity contribution is -0.140. The SMILES string of the molecule is CCOC(=O)C1=C(c2ccccc2)N=c2s/c(=C/c3ccc(OCC(=O)O)cc3)c(=O)n2[C@@H]1c1ccc(OC)c(OC)c1. The molecule has 1 aromatic heterocycles. The Balaban J connectivity index is 1.73. The molecule has 0 amide bonds. The smallest absolute Gasteiger partial charge is 0.341 e. The van der Waals surface area contributed by atoms with Crippen LogP contribution in [0.5, 0.6) is 17.2 Å². The Morgan fingerprint density at radius 2 is 1.72 bits per heavy atom. The van der Waals surface area contributed by atoms with Crippen LogP contribution in [0.1, 0.15) is 29.7 Å². The number of nitrogens with zero attached hydrogens (tertiary/aromatic N) is 2. The summed E-state index contributed by atoms with van der Waals surface area (Å²) in [4.78, 5) is 43.7. The first-order chi connectivity index (χ1) is 20.8. The summed E-state index contributed by atoms with van der Waals surface area (Å²) in [6, 6.07) is 20.4. The lowest BCUT2D eigenvalue weighted by Gasteiger charge is -2.26. The molecule has 10 nitrogen and oxygen atoms in total. The summed E-state index contributed by atoms with van der Waals surface area (Å²) in [5.41, 5.74) is 2.29. The Morgan fingerprint density at radius 1 is 1.00 bits per heavy atom. The zero-order chi connectivity index (χ0) is 30.5. The van der Waals surface area contributed by atoms with Gasteiger partial charge >= 0.3 is 11.9 Å². The Hall–Kier alpha value is -5.16. The molecule has 5 rings (SSSR count). The van der Waals surface area contributed by atoms with Crippen molar-refractivity contribution in [3.63, 3.8) is 0 Å². The molecule has 0 bridgehead atoms. The molecular weight excluding hydrogens is 572 g/mol. The molecular formula is C32H28N2O8S. The number of carbonyl (C=O) groups is 2. The van der Waals surface area contributed by atoms with Crippen LogP contribution < -0.4 is 29.1 Å². The highest BCUT2D eigenvalue weighted by atomic mass is 32.1. The molecule has 0 spiro atoms. The number of benzene rings is 3. The van der Waals surface area contributed by atoms with E-state index in [1.807, 2.05) is 30.3 Å². The molecule has 1 N–H and O–H groups in total. The number of aromatic nitrogens is 1. The molecule has 0 fully saturated rings. The van der Waals surface area contributed by atoms with Crippen LogP contribution in [-0.2, 0) is 14.3 Å². The molecule has 3 aromatic carbocycles. The summed E-state index contributed by atoms with van der Waals surface area (Å²) in [5, 5.41) is 8.85. The van der Waals surface area contributed by atoms with Crippen LogP contribution in [-0.4, -0.2) is 49.0 Å². The average Bonchev–Trinajstić information content (AvgIpc) is 3.34. The molecule has 1 aliphatic heterocycles. The van der Waals surface area contributed by atoms with Crippen molar-refractivity contribution >= 4 is 35.0 Å². The second-order valence-corrected chi connectivity index (χ2v) is 10.3. The number of esters is 1. The first-order valence-corrected chi connectivity index (χ1v) is 14.1. The van der Waals surface area contributed by atoms with Gasteiger partial charge in [-0.2, -0.15) is 0 Å². The third-order valence-electron chi connectivity index (χ3n) is 6.64. The van der Waals surface area contributed by atoms with Gasteiger partial charge in [-0.25, -0.2) is 14.6 Å². The molecule has 1 aliphatic rings. The van der Waals surface area contributed by atoms with Crippen LogP contribution >= 0.6 is 11.3 Å². The van der Waals surface area contributed by atoms with Crippen LogP contribution in [0.15, 0.2) is 88.2 Å². The molecule has 220 valence electrons. The first-order valence-electron chi connectivity index (χ1n) is 13.3. The van der Waals surface area contributed by atoms with Gasteiger partial charge in [-0.1, -0.05) is 59.9 Å². The highest BCUT2D eigenvalue weighted by Crippen LogP contribution is 2.38. The lowest BCUT2D eigenvalue weighted by atomic mass is 9.93. The fourth-order valence-corrected chi connectivity index (χ4v) is 5.74. The maximum absolute atomic E-state index is 14.1. The summed E-state index contributed by atoms with van der Waals surface area (Å²) in [6.45, 7) is 1.40. The number of aliphatic carboxylic acids is 1. The van der Waals surface area contributed by atoms with Gasteiger partial charge in [0.2, 0.25) is 0 Å². The van der Waals surface area contributed by atoms with Crippen LogP contribution in [0.2, 0.25) is 0 Å².